The largest absolute Gasteiger partial charge is 0.465 e. The molecule has 0 saturated heterocycles. The molecule has 15 heavy (non-hydrogen) atoms. The van der Waals surface area contributed by atoms with Crippen molar-refractivity contribution >= 4 is 32.9 Å². The molecule has 0 aliphatic rings. The monoisotopic (exact) mass is 270 g/mol. The van der Waals surface area contributed by atoms with Crippen molar-refractivity contribution in [2.24, 2.45) is 0 Å². The molecule has 0 fully saturated rings. The molecule has 0 aliphatic carbocycles. The second-order valence-electron chi connectivity index (χ2n) is 2.92. The Bertz CT molecular complexity index is 585. The number of aromatic amines is 2. The van der Waals surface area contributed by atoms with Crippen LogP contribution < -0.4 is 5.69 Å². The molecule has 0 atom stereocenters. The maximum atomic E-state index is 11.4. The van der Waals surface area contributed by atoms with E-state index in [1.807, 2.05) is 0 Å². The Kier molecular flexibility index (Phi) is 2.36. The van der Waals surface area contributed by atoms with Crippen molar-refractivity contribution in [2.75, 3.05) is 7.11 Å². The maximum Gasteiger partial charge on any atom is 0.340 e. The second kappa shape index (κ2) is 3.54. The number of carbonyl (C=O) groups excluding carboxylic acids is 1. The first-order chi connectivity index (χ1) is 7.13. The molecule has 0 radical (unpaired) electrons. The summed E-state index contributed by atoms with van der Waals surface area (Å²) >= 11 is 3.27. The molecule has 0 unspecified atom stereocenters. The van der Waals surface area contributed by atoms with Gasteiger partial charge in [0.2, 0.25) is 0 Å². The molecule has 2 rings (SSSR count). The number of aromatic nitrogens is 2. The van der Waals surface area contributed by atoms with Gasteiger partial charge in [0, 0.05) is 4.47 Å². The van der Waals surface area contributed by atoms with Crippen LogP contribution in [-0.4, -0.2) is 23.0 Å². The molecular weight excluding hydrogens is 264 g/mol. The summed E-state index contributed by atoms with van der Waals surface area (Å²) < 4.78 is 5.31. The van der Waals surface area contributed by atoms with Crippen molar-refractivity contribution in [3.63, 3.8) is 0 Å². The van der Waals surface area contributed by atoms with Crippen molar-refractivity contribution in [1.29, 1.82) is 0 Å². The van der Waals surface area contributed by atoms with E-state index in [0.717, 1.165) is 0 Å². The Morgan fingerprint density at radius 2 is 2.00 bits per heavy atom. The number of H-pyrrole nitrogens is 2. The van der Waals surface area contributed by atoms with Gasteiger partial charge in [-0.3, -0.25) is 0 Å². The predicted octanol–water partition coefficient (Wildman–Crippen LogP) is 1.41. The maximum absolute atomic E-state index is 11.4. The summed E-state index contributed by atoms with van der Waals surface area (Å²) in [5.74, 6) is -0.484. The highest BCUT2D eigenvalue weighted by Gasteiger charge is 2.14. The summed E-state index contributed by atoms with van der Waals surface area (Å²) in [7, 11) is 1.29. The van der Waals surface area contributed by atoms with E-state index in [-0.39, 0.29) is 5.69 Å². The number of benzene rings is 1. The van der Waals surface area contributed by atoms with E-state index < -0.39 is 5.97 Å². The number of rotatable bonds is 1. The van der Waals surface area contributed by atoms with Crippen molar-refractivity contribution in [1.82, 2.24) is 9.97 Å². The molecule has 1 aromatic heterocycles. The molecular formula is C9H7BrN2O3. The fourth-order valence-electron chi connectivity index (χ4n) is 1.37. The summed E-state index contributed by atoms with van der Waals surface area (Å²) in [6.45, 7) is 0. The molecule has 1 aromatic carbocycles. The van der Waals surface area contributed by atoms with Gasteiger partial charge in [0.05, 0.1) is 23.7 Å². The number of carbonyl (C=O) groups is 1. The van der Waals surface area contributed by atoms with Gasteiger partial charge in [-0.2, -0.15) is 0 Å². The molecule has 1 heterocycles. The van der Waals surface area contributed by atoms with Crippen molar-refractivity contribution < 1.29 is 9.53 Å². The first-order valence-corrected chi connectivity index (χ1v) is 4.91. The number of fused-ring (bicyclic) bond motifs is 1. The zero-order chi connectivity index (χ0) is 11.0. The summed E-state index contributed by atoms with van der Waals surface area (Å²) in [4.78, 5) is 27.6. The molecule has 0 spiro atoms. The van der Waals surface area contributed by atoms with Crippen LogP contribution in [0.25, 0.3) is 11.0 Å². The van der Waals surface area contributed by atoms with E-state index in [9.17, 15) is 9.59 Å². The fourth-order valence-corrected chi connectivity index (χ4v) is 1.80. The minimum atomic E-state index is -0.484. The van der Waals surface area contributed by atoms with Gasteiger partial charge in [-0.25, -0.2) is 9.59 Å². The van der Waals surface area contributed by atoms with Crippen LogP contribution >= 0.6 is 15.9 Å². The van der Waals surface area contributed by atoms with Crippen LogP contribution in [-0.2, 0) is 4.74 Å². The molecule has 2 aromatic rings. The Hall–Kier alpha value is -1.56. The third-order valence-electron chi connectivity index (χ3n) is 2.04. The Morgan fingerprint density at radius 1 is 1.33 bits per heavy atom. The minimum Gasteiger partial charge on any atom is -0.465 e. The quantitative estimate of drug-likeness (QED) is 0.770. The number of halogens is 1. The lowest BCUT2D eigenvalue weighted by Gasteiger charge is -2.01. The van der Waals surface area contributed by atoms with Gasteiger partial charge in [0.25, 0.3) is 0 Å². The molecule has 0 aliphatic heterocycles. The second-order valence-corrected chi connectivity index (χ2v) is 3.77. The van der Waals surface area contributed by atoms with Gasteiger partial charge in [-0.1, -0.05) is 0 Å². The number of nitrogens with one attached hydrogen (secondary N) is 2. The van der Waals surface area contributed by atoms with Gasteiger partial charge >= 0.3 is 11.7 Å². The molecule has 2 N–H and O–H groups in total. The molecule has 78 valence electrons. The van der Waals surface area contributed by atoms with E-state index >= 15 is 0 Å². The van der Waals surface area contributed by atoms with Gasteiger partial charge < -0.3 is 14.7 Å². The molecule has 6 heteroatoms. The zero-order valence-electron chi connectivity index (χ0n) is 7.76. The minimum absolute atomic E-state index is 0.328. The third-order valence-corrected chi connectivity index (χ3v) is 2.70. The van der Waals surface area contributed by atoms with Gasteiger partial charge in [-0.05, 0) is 28.1 Å². The van der Waals surface area contributed by atoms with Crippen LogP contribution in [0.1, 0.15) is 10.4 Å². The lowest BCUT2D eigenvalue weighted by Crippen LogP contribution is -2.03. The van der Waals surface area contributed by atoms with Crippen LogP contribution in [0.15, 0.2) is 21.4 Å². The highest BCUT2D eigenvalue weighted by atomic mass is 79.9. The summed E-state index contributed by atoms with van der Waals surface area (Å²) in [6.07, 6.45) is 0. The van der Waals surface area contributed by atoms with E-state index in [1.165, 1.54) is 7.11 Å². The number of ether oxygens (including phenoxy) is 1. The van der Waals surface area contributed by atoms with Crippen LogP contribution in [0.2, 0.25) is 0 Å². The third kappa shape index (κ3) is 1.56. The number of imidazole rings is 1. The smallest absolute Gasteiger partial charge is 0.340 e. The molecule has 0 amide bonds. The Balaban J connectivity index is 2.82. The van der Waals surface area contributed by atoms with Crippen molar-refractivity contribution in [3.8, 4) is 0 Å². The van der Waals surface area contributed by atoms with Crippen LogP contribution in [0.3, 0.4) is 0 Å². The molecule has 0 saturated carbocycles. The topological polar surface area (TPSA) is 75.0 Å². The number of esters is 1. The van der Waals surface area contributed by atoms with Crippen LogP contribution in [0.5, 0.6) is 0 Å². The van der Waals surface area contributed by atoms with Crippen molar-refractivity contribution in [2.45, 2.75) is 0 Å². The highest BCUT2D eigenvalue weighted by Crippen LogP contribution is 2.23. The lowest BCUT2D eigenvalue weighted by molar-refractivity contribution is 0.0603. The standard InChI is InChI=1S/C9H7BrN2O3/c1-15-8(13)4-2-3-5(10)7-6(4)11-9(14)12-7/h2-3H,1H3,(H2,11,12,14). The predicted molar refractivity (Wildman–Crippen MR) is 58.0 cm³/mol. The normalized spacial score (nSPS) is 10.5. The van der Waals surface area contributed by atoms with E-state index in [1.54, 1.807) is 12.1 Å². The van der Waals surface area contributed by atoms with Crippen molar-refractivity contribution in [3.05, 3.63) is 32.7 Å². The number of hydrogen-bond acceptors (Lipinski definition) is 3. The average molecular weight is 271 g/mol. The Morgan fingerprint density at radius 3 is 2.67 bits per heavy atom. The molecule has 5 nitrogen and oxygen atoms in total. The number of hydrogen-bond donors (Lipinski definition) is 2. The summed E-state index contributed by atoms with van der Waals surface area (Å²) in [5.41, 5.74) is 0.972. The summed E-state index contributed by atoms with van der Waals surface area (Å²) in [6, 6.07) is 3.26. The van der Waals surface area contributed by atoms with Crippen LogP contribution in [0.4, 0.5) is 0 Å². The summed E-state index contributed by atoms with van der Waals surface area (Å²) in [5, 5.41) is 0. The average Bonchev–Trinajstić information content (AvgIpc) is 2.60. The number of methoxy groups -OCH3 is 1. The van der Waals surface area contributed by atoms with Crippen LogP contribution in [0, 0.1) is 0 Å². The van der Waals surface area contributed by atoms with Gasteiger partial charge in [0.15, 0.2) is 0 Å². The first-order valence-electron chi connectivity index (χ1n) is 4.12. The van der Waals surface area contributed by atoms with E-state index in [4.69, 9.17) is 0 Å². The Labute approximate surface area is 92.6 Å². The lowest BCUT2D eigenvalue weighted by atomic mass is 10.2. The molecule has 0 bridgehead atoms. The van der Waals surface area contributed by atoms with E-state index in [2.05, 4.69) is 30.6 Å². The van der Waals surface area contributed by atoms with Gasteiger partial charge in [0.1, 0.15) is 0 Å². The zero-order valence-corrected chi connectivity index (χ0v) is 9.34. The first kappa shape index (κ1) is 9.97. The van der Waals surface area contributed by atoms with Gasteiger partial charge in [-0.15, -0.1) is 0 Å². The van der Waals surface area contributed by atoms with E-state index in [0.29, 0.717) is 21.1 Å². The SMILES string of the molecule is COC(=O)c1ccc(Br)c2[nH]c(=O)[nH]c12. The fraction of sp³-hybridized carbons (Fsp3) is 0.111. The highest BCUT2D eigenvalue weighted by molar-refractivity contribution is 9.10.